The lowest BCUT2D eigenvalue weighted by molar-refractivity contribution is 0.0963. The van der Waals surface area contributed by atoms with Crippen LogP contribution in [0.2, 0.25) is 0 Å². The van der Waals surface area contributed by atoms with Gasteiger partial charge in [-0.3, -0.25) is 4.99 Å². The van der Waals surface area contributed by atoms with Crippen molar-refractivity contribution in [3.05, 3.63) is 30.3 Å². The van der Waals surface area contributed by atoms with Crippen molar-refractivity contribution in [3.8, 4) is 0 Å². The molecule has 2 N–H and O–H groups in total. The Morgan fingerprint density at radius 2 is 1.87 bits per heavy atom. The first-order valence-electron chi connectivity index (χ1n) is 10.2. The molecule has 10 heteroatoms. The fourth-order valence-corrected chi connectivity index (χ4v) is 4.44. The number of benzene rings is 1. The summed E-state index contributed by atoms with van der Waals surface area (Å²) in [4.78, 5) is 18.4. The van der Waals surface area contributed by atoms with Crippen molar-refractivity contribution in [2.75, 3.05) is 38.5 Å². The number of amides is 1. The normalized spacial score (nSPS) is 15.3. The van der Waals surface area contributed by atoms with Crippen LogP contribution >= 0.6 is 24.0 Å². The molecule has 0 aliphatic carbocycles. The first-order valence-corrected chi connectivity index (χ1v) is 11.9. The fraction of sp³-hybridized carbons (Fsp3) is 0.600. The molecule has 1 amide bonds. The Balaban J connectivity index is 0.00000450. The van der Waals surface area contributed by atoms with Crippen molar-refractivity contribution >= 4 is 45.9 Å². The molecular weight excluding hydrogens is 519 g/mol. The highest BCUT2D eigenvalue weighted by atomic mass is 127. The molecular formula is C20H33IN4O4S. The van der Waals surface area contributed by atoms with Crippen molar-refractivity contribution in [1.29, 1.82) is 0 Å². The highest BCUT2D eigenvalue weighted by Crippen LogP contribution is 2.12. The largest absolute Gasteiger partial charge is 0.450 e. The molecule has 1 aliphatic rings. The lowest BCUT2D eigenvalue weighted by Crippen LogP contribution is -2.50. The fourth-order valence-electron chi connectivity index (χ4n) is 3.13. The summed E-state index contributed by atoms with van der Waals surface area (Å²) in [6.45, 7) is 6.60. The van der Waals surface area contributed by atoms with Gasteiger partial charge in [-0.1, -0.05) is 18.2 Å². The summed E-state index contributed by atoms with van der Waals surface area (Å²) in [6.07, 6.45) is 1.82. The number of sulfone groups is 1. The molecule has 0 unspecified atom stereocenters. The number of nitrogens with zero attached hydrogens (tertiary/aromatic N) is 2. The molecule has 0 atom stereocenters. The van der Waals surface area contributed by atoms with Crippen LogP contribution in [0.25, 0.3) is 0 Å². The average Bonchev–Trinajstić information content (AvgIpc) is 2.72. The zero-order valence-corrected chi connectivity index (χ0v) is 20.8. The van der Waals surface area contributed by atoms with Gasteiger partial charge in [0, 0.05) is 32.2 Å². The Labute approximate surface area is 196 Å². The Kier molecular flexibility index (Phi) is 12.1. The minimum absolute atomic E-state index is 0. The lowest BCUT2D eigenvalue weighted by atomic mass is 10.1. The Bertz CT molecular complexity index is 766. The Morgan fingerprint density at radius 1 is 1.20 bits per heavy atom. The van der Waals surface area contributed by atoms with Crippen molar-refractivity contribution in [2.24, 2.45) is 4.99 Å². The molecule has 0 spiro atoms. The van der Waals surface area contributed by atoms with E-state index in [1.165, 1.54) is 0 Å². The summed E-state index contributed by atoms with van der Waals surface area (Å²) in [5.74, 6) is 0.747. The summed E-state index contributed by atoms with van der Waals surface area (Å²) >= 11 is 0. The maximum absolute atomic E-state index is 12.3. The number of guanidine groups is 1. The van der Waals surface area contributed by atoms with E-state index in [0.717, 1.165) is 19.4 Å². The highest BCUT2D eigenvalue weighted by Gasteiger charge is 2.24. The molecule has 1 aromatic rings. The number of likely N-dealkylation sites (tertiary alicyclic amines) is 1. The van der Waals surface area contributed by atoms with Gasteiger partial charge in [-0.15, -0.1) is 24.0 Å². The van der Waals surface area contributed by atoms with E-state index in [9.17, 15) is 13.2 Å². The molecule has 0 aromatic heterocycles. The van der Waals surface area contributed by atoms with Gasteiger partial charge in [0.25, 0.3) is 0 Å². The summed E-state index contributed by atoms with van der Waals surface area (Å²) in [5, 5.41) is 6.59. The van der Waals surface area contributed by atoms with E-state index in [1.807, 2.05) is 6.92 Å². The van der Waals surface area contributed by atoms with Gasteiger partial charge < -0.3 is 20.3 Å². The number of hydrogen-bond donors (Lipinski definition) is 2. The molecule has 1 aliphatic heterocycles. The maximum Gasteiger partial charge on any atom is 0.409 e. The number of carbonyl (C=O) groups is 1. The standard InChI is InChI=1S/C20H32N4O4S.HI/c1-3-21-19(23-17-11-14-24(15-12-17)20(25)28-4-2)22-13-8-16-29(26,27)18-9-6-5-7-10-18;/h5-7,9-10,17H,3-4,8,11-16H2,1-2H3,(H2,21,22,23);1H. The van der Waals surface area contributed by atoms with Gasteiger partial charge in [-0.25, -0.2) is 13.2 Å². The lowest BCUT2D eigenvalue weighted by Gasteiger charge is -2.32. The molecule has 8 nitrogen and oxygen atoms in total. The van der Waals surface area contributed by atoms with Gasteiger partial charge >= 0.3 is 6.09 Å². The predicted molar refractivity (Wildman–Crippen MR) is 129 cm³/mol. The third-order valence-electron chi connectivity index (χ3n) is 4.65. The van der Waals surface area contributed by atoms with Crippen molar-refractivity contribution < 1.29 is 17.9 Å². The predicted octanol–water partition coefficient (Wildman–Crippen LogP) is 2.64. The molecule has 1 aromatic carbocycles. The van der Waals surface area contributed by atoms with E-state index in [0.29, 0.717) is 43.5 Å². The molecule has 30 heavy (non-hydrogen) atoms. The van der Waals surface area contributed by atoms with Crippen molar-refractivity contribution in [3.63, 3.8) is 0 Å². The first kappa shape index (κ1) is 26.5. The van der Waals surface area contributed by atoms with Crippen LogP contribution in [0.3, 0.4) is 0 Å². The van der Waals surface area contributed by atoms with Gasteiger partial charge in [-0.05, 0) is 45.2 Å². The number of rotatable bonds is 8. The number of halogens is 1. The molecule has 2 rings (SSSR count). The summed E-state index contributed by atoms with van der Waals surface area (Å²) in [5.41, 5.74) is 0. The third kappa shape index (κ3) is 8.66. The van der Waals surface area contributed by atoms with E-state index in [2.05, 4.69) is 15.6 Å². The van der Waals surface area contributed by atoms with Crippen LogP contribution in [-0.4, -0.2) is 70.0 Å². The molecule has 170 valence electrons. The Hall–Kier alpha value is -1.56. The highest BCUT2D eigenvalue weighted by molar-refractivity contribution is 14.0. The molecule has 0 radical (unpaired) electrons. The zero-order valence-electron chi connectivity index (χ0n) is 17.7. The number of aliphatic imine (C=N–C) groups is 1. The second kappa shape index (κ2) is 13.7. The van der Waals surface area contributed by atoms with E-state index in [1.54, 1.807) is 42.2 Å². The van der Waals surface area contributed by atoms with Crippen LogP contribution in [0.1, 0.15) is 33.1 Å². The molecule has 0 saturated carbocycles. The summed E-state index contributed by atoms with van der Waals surface area (Å²) in [6, 6.07) is 8.71. The van der Waals surface area contributed by atoms with Crippen molar-refractivity contribution in [1.82, 2.24) is 15.5 Å². The van der Waals surface area contributed by atoms with Crippen molar-refractivity contribution in [2.45, 2.75) is 44.0 Å². The summed E-state index contributed by atoms with van der Waals surface area (Å²) < 4.78 is 29.7. The van der Waals surface area contributed by atoms with Crippen LogP contribution in [0, 0.1) is 0 Å². The van der Waals surface area contributed by atoms with E-state index >= 15 is 0 Å². The molecule has 1 fully saturated rings. The molecule has 1 heterocycles. The van der Waals surface area contributed by atoms with E-state index in [4.69, 9.17) is 4.74 Å². The summed E-state index contributed by atoms with van der Waals surface area (Å²) in [7, 11) is -3.28. The van der Waals surface area contributed by atoms with E-state index < -0.39 is 9.84 Å². The second-order valence-corrected chi connectivity index (χ2v) is 8.96. The van der Waals surface area contributed by atoms with Crippen LogP contribution in [0.4, 0.5) is 4.79 Å². The van der Waals surface area contributed by atoms with Crippen LogP contribution < -0.4 is 10.6 Å². The monoisotopic (exact) mass is 552 g/mol. The Morgan fingerprint density at radius 3 is 2.47 bits per heavy atom. The van der Waals surface area contributed by atoms with Crippen LogP contribution in [0.5, 0.6) is 0 Å². The minimum Gasteiger partial charge on any atom is -0.450 e. The van der Waals surface area contributed by atoms with Gasteiger partial charge in [0.1, 0.15) is 0 Å². The number of piperidine rings is 1. The van der Waals surface area contributed by atoms with E-state index in [-0.39, 0.29) is 41.9 Å². The number of hydrogen-bond acceptors (Lipinski definition) is 5. The smallest absolute Gasteiger partial charge is 0.409 e. The number of carbonyl (C=O) groups excluding carboxylic acids is 1. The number of nitrogens with one attached hydrogen (secondary N) is 2. The average molecular weight is 552 g/mol. The SMILES string of the molecule is CCNC(=NCCCS(=O)(=O)c1ccccc1)NC1CCN(C(=O)OCC)CC1.I. The molecule has 0 bridgehead atoms. The van der Waals surface area contributed by atoms with Crippen LogP contribution in [-0.2, 0) is 14.6 Å². The van der Waals surface area contributed by atoms with Gasteiger partial charge in [-0.2, -0.15) is 0 Å². The minimum atomic E-state index is -3.28. The molecule has 1 saturated heterocycles. The van der Waals surface area contributed by atoms with Gasteiger partial charge in [0.15, 0.2) is 15.8 Å². The zero-order chi connectivity index (χ0) is 21.1. The first-order chi connectivity index (χ1) is 14.0. The topological polar surface area (TPSA) is 100 Å². The maximum atomic E-state index is 12.3. The van der Waals surface area contributed by atoms with Gasteiger partial charge in [0.2, 0.25) is 0 Å². The second-order valence-electron chi connectivity index (χ2n) is 6.85. The third-order valence-corrected chi connectivity index (χ3v) is 6.47. The van der Waals surface area contributed by atoms with Crippen LogP contribution in [0.15, 0.2) is 40.2 Å². The van der Waals surface area contributed by atoms with Gasteiger partial charge in [0.05, 0.1) is 17.3 Å². The number of ether oxygens (including phenoxy) is 1. The quantitative estimate of drug-likeness (QED) is 0.223.